The largest absolute Gasteiger partial charge is 0.378 e. The number of hydrogen-bond acceptors (Lipinski definition) is 7. The third-order valence-electron chi connectivity index (χ3n) is 11.1. The van der Waals surface area contributed by atoms with Crippen molar-refractivity contribution in [3.63, 3.8) is 0 Å². The van der Waals surface area contributed by atoms with E-state index in [0.29, 0.717) is 50.1 Å². The first-order valence-corrected chi connectivity index (χ1v) is 19.5. The number of fused-ring (bicyclic) bond motifs is 3. The van der Waals surface area contributed by atoms with Gasteiger partial charge in [-0.05, 0) is 96.6 Å². The molecule has 7 nitrogen and oxygen atoms in total. The molecule has 7 heteroatoms. The van der Waals surface area contributed by atoms with Crippen LogP contribution in [0.5, 0.6) is 0 Å². The van der Waals surface area contributed by atoms with Crippen LogP contribution in [0.4, 0.5) is 5.69 Å². The summed E-state index contributed by atoms with van der Waals surface area (Å²) < 4.78 is 0. The van der Waals surface area contributed by atoms with Crippen molar-refractivity contribution >= 4 is 22.4 Å². The minimum absolute atomic E-state index is 0.0572. The van der Waals surface area contributed by atoms with Crippen LogP contribution in [0.25, 0.3) is 50.1 Å². The lowest BCUT2D eigenvalue weighted by Gasteiger charge is -2.27. The van der Waals surface area contributed by atoms with Crippen molar-refractivity contribution in [1.82, 2.24) is 0 Å². The summed E-state index contributed by atoms with van der Waals surface area (Å²) in [5.74, 6) is 0. The fourth-order valence-corrected chi connectivity index (χ4v) is 8.07. The highest BCUT2D eigenvalue weighted by atomic mass is 15.1. The van der Waals surface area contributed by atoms with Crippen molar-refractivity contribution in [2.75, 3.05) is 19.0 Å². The molecule has 6 rings (SSSR count). The maximum absolute atomic E-state index is 10.9. The Labute approximate surface area is 353 Å². The first-order valence-electron chi connectivity index (χ1n) is 19.5. The quantitative estimate of drug-likeness (QED) is 0.121. The van der Waals surface area contributed by atoms with Gasteiger partial charge in [0.25, 0.3) is 0 Å². The first-order chi connectivity index (χ1) is 28.6. The highest BCUT2D eigenvalue weighted by Gasteiger charge is 2.37. The predicted molar refractivity (Wildman–Crippen MR) is 239 cm³/mol. The number of allylic oxidation sites excluding steroid dienone is 5. The summed E-state index contributed by atoms with van der Waals surface area (Å²) in [7, 11) is 3.81. The minimum atomic E-state index is -0.286. The summed E-state index contributed by atoms with van der Waals surface area (Å²) >= 11 is 0. The van der Waals surface area contributed by atoms with E-state index in [1.54, 1.807) is 12.1 Å². The Kier molecular flexibility index (Phi) is 11.2. The van der Waals surface area contributed by atoms with Crippen LogP contribution in [0.1, 0.15) is 80.5 Å². The Bertz CT molecular complexity index is 2890. The second-order valence-corrected chi connectivity index (χ2v) is 17.1. The zero-order valence-electron chi connectivity index (χ0n) is 35.4. The number of benzene rings is 5. The summed E-state index contributed by atoms with van der Waals surface area (Å²) in [6.45, 7) is 14.7. The van der Waals surface area contributed by atoms with Crippen LogP contribution < -0.4 is 4.90 Å². The van der Waals surface area contributed by atoms with E-state index in [1.807, 2.05) is 86.6 Å². The SMILES string of the molecule is Cc1c(C(=C(C#N)C#N)C(=C(C#N)C#N)c2ccc(N(C)C)cc2)c(-c2ccc(C(C)(C)C)cc2)c2c(c1-c1ccc(C(C)(C)C)cc1)C(=C(C#N)C#N)c1ccccc1-2. The molecule has 1 aliphatic rings. The smallest absolute Gasteiger partial charge is 0.138 e. The molecule has 0 aromatic heterocycles. The van der Waals surface area contributed by atoms with Gasteiger partial charge in [-0.2, -0.15) is 31.6 Å². The molecule has 290 valence electrons. The molecule has 0 atom stereocenters. The molecular formula is C53H43N7. The fraction of sp³-hybridized carbons (Fsp3) is 0.208. The molecule has 0 aliphatic heterocycles. The van der Waals surface area contributed by atoms with Gasteiger partial charge in [0, 0.05) is 42.1 Å². The van der Waals surface area contributed by atoms with E-state index in [4.69, 9.17) is 0 Å². The lowest BCUT2D eigenvalue weighted by molar-refractivity contribution is 0.590. The Morgan fingerprint density at radius 2 is 0.933 bits per heavy atom. The first kappa shape index (κ1) is 41.7. The second kappa shape index (κ2) is 16.1. The van der Waals surface area contributed by atoms with E-state index in [9.17, 15) is 31.6 Å². The van der Waals surface area contributed by atoms with Crippen LogP contribution in [0.15, 0.2) is 114 Å². The molecule has 5 aromatic rings. The second-order valence-electron chi connectivity index (χ2n) is 17.1. The van der Waals surface area contributed by atoms with Crippen LogP contribution in [0.3, 0.4) is 0 Å². The van der Waals surface area contributed by atoms with E-state index in [1.165, 1.54) is 0 Å². The highest BCUT2D eigenvalue weighted by molar-refractivity contribution is 6.20. The van der Waals surface area contributed by atoms with Crippen molar-refractivity contribution < 1.29 is 0 Å². The van der Waals surface area contributed by atoms with Gasteiger partial charge >= 0.3 is 0 Å². The number of rotatable bonds is 6. The van der Waals surface area contributed by atoms with Crippen LogP contribution in [-0.2, 0) is 10.8 Å². The summed E-state index contributed by atoms with van der Waals surface area (Å²) in [5, 5.41) is 64.2. The fourth-order valence-electron chi connectivity index (χ4n) is 8.07. The van der Waals surface area contributed by atoms with E-state index in [0.717, 1.165) is 33.5 Å². The van der Waals surface area contributed by atoms with Gasteiger partial charge in [-0.25, -0.2) is 0 Å². The minimum Gasteiger partial charge on any atom is -0.378 e. The molecule has 0 saturated heterocycles. The molecule has 0 bridgehead atoms. The van der Waals surface area contributed by atoms with Crippen LogP contribution in [-0.4, -0.2) is 14.1 Å². The highest BCUT2D eigenvalue weighted by Crippen LogP contribution is 2.58. The van der Waals surface area contributed by atoms with E-state index in [-0.39, 0.29) is 38.7 Å². The molecule has 0 radical (unpaired) electrons. The monoisotopic (exact) mass is 777 g/mol. The molecule has 0 saturated carbocycles. The van der Waals surface area contributed by atoms with Gasteiger partial charge in [-0.3, -0.25) is 0 Å². The molecule has 1 aliphatic carbocycles. The zero-order valence-corrected chi connectivity index (χ0v) is 35.4. The van der Waals surface area contributed by atoms with Gasteiger partial charge in [0.1, 0.15) is 53.1 Å². The Morgan fingerprint density at radius 3 is 1.37 bits per heavy atom. The van der Waals surface area contributed by atoms with Gasteiger partial charge in [-0.15, -0.1) is 0 Å². The number of anilines is 1. The molecule has 0 spiro atoms. The van der Waals surface area contributed by atoms with E-state index in [2.05, 4.69) is 102 Å². The summed E-state index contributed by atoms with van der Waals surface area (Å²) in [4.78, 5) is 1.93. The van der Waals surface area contributed by atoms with E-state index >= 15 is 0 Å². The molecule has 0 amide bonds. The maximum atomic E-state index is 10.9. The Balaban J connectivity index is 1.97. The topological polar surface area (TPSA) is 146 Å². The number of hydrogen-bond donors (Lipinski definition) is 0. The van der Waals surface area contributed by atoms with Gasteiger partial charge in [0.05, 0.1) is 0 Å². The number of nitrogens with zero attached hydrogens (tertiary/aromatic N) is 7. The van der Waals surface area contributed by atoms with Crippen molar-refractivity contribution in [3.8, 4) is 69.8 Å². The van der Waals surface area contributed by atoms with Crippen molar-refractivity contribution in [1.29, 1.82) is 31.6 Å². The number of nitriles is 6. The third-order valence-corrected chi connectivity index (χ3v) is 11.1. The van der Waals surface area contributed by atoms with Crippen LogP contribution >= 0.6 is 0 Å². The average molecular weight is 778 g/mol. The summed E-state index contributed by atoms with van der Waals surface area (Å²) in [5.41, 5.74) is 10.1. The third kappa shape index (κ3) is 7.23. The molecule has 0 heterocycles. The van der Waals surface area contributed by atoms with Crippen LogP contribution in [0, 0.1) is 74.9 Å². The Hall–Kier alpha value is -7.94. The van der Waals surface area contributed by atoms with Gasteiger partial charge < -0.3 is 4.90 Å². The maximum Gasteiger partial charge on any atom is 0.138 e. The van der Waals surface area contributed by atoms with Crippen molar-refractivity contribution in [2.24, 2.45) is 0 Å². The molecule has 0 unspecified atom stereocenters. The molecule has 0 N–H and O–H groups in total. The molecule has 0 fully saturated rings. The van der Waals surface area contributed by atoms with E-state index < -0.39 is 0 Å². The normalized spacial score (nSPS) is 11.3. The van der Waals surface area contributed by atoms with Crippen molar-refractivity contribution in [3.05, 3.63) is 153 Å². The summed E-state index contributed by atoms with van der Waals surface area (Å²) in [6, 6.07) is 44.1. The molecule has 5 aromatic carbocycles. The van der Waals surface area contributed by atoms with Gasteiger partial charge in [0.2, 0.25) is 0 Å². The van der Waals surface area contributed by atoms with Crippen molar-refractivity contribution in [2.45, 2.75) is 59.3 Å². The predicted octanol–water partition coefficient (Wildman–Crippen LogP) is 12.1. The lowest BCUT2D eigenvalue weighted by atomic mass is 9.74. The average Bonchev–Trinajstić information content (AvgIpc) is 3.56. The lowest BCUT2D eigenvalue weighted by Crippen LogP contribution is -2.11. The Morgan fingerprint density at radius 1 is 0.483 bits per heavy atom. The van der Waals surface area contributed by atoms with Crippen LogP contribution in [0.2, 0.25) is 0 Å². The van der Waals surface area contributed by atoms with Gasteiger partial charge in [0.15, 0.2) is 0 Å². The molecule has 60 heavy (non-hydrogen) atoms. The standard InChI is InChI=1S/C53H43N7/c1-32-44(33-14-20-39(21-15-33)52(2,3)4)51-47(37(28-56)29-57)42-12-10-11-13-43(42)50(51)48(35-16-22-40(23-17-35)53(5,6)7)45(32)49(38(30-58)31-59)46(36(26-54)27-55)34-18-24-41(25-19-34)60(8)9/h10-25H,1-9H3. The summed E-state index contributed by atoms with van der Waals surface area (Å²) in [6.07, 6.45) is 0. The zero-order chi connectivity index (χ0) is 43.7. The van der Waals surface area contributed by atoms with Gasteiger partial charge in [-0.1, -0.05) is 126 Å². The molecular weight excluding hydrogens is 735 g/mol.